The molecule has 0 spiro atoms. The minimum Gasteiger partial charge on any atom is -0.240 e. The SMILES string of the molecule is Cc1nc(Br)c(F)c(F)c1F. The summed E-state index contributed by atoms with van der Waals surface area (Å²) in [4.78, 5) is 3.36. The molecule has 0 saturated carbocycles. The third-order valence-corrected chi connectivity index (χ3v) is 1.68. The fourth-order valence-electron chi connectivity index (χ4n) is 0.591. The molecule has 0 saturated heterocycles. The maximum atomic E-state index is 12.5. The number of rotatable bonds is 0. The number of aromatic nitrogens is 1. The normalized spacial score (nSPS) is 10.3. The Morgan fingerprint density at radius 1 is 1.09 bits per heavy atom. The maximum absolute atomic E-state index is 12.5. The van der Waals surface area contributed by atoms with Gasteiger partial charge in [0.15, 0.2) is 17.5 Å². The van der Waals surface area contributed by atoms with Crippen LogP contribution in [0.5, 0.6) is 0 Å². The molecule has 1 rings (SSSR count). The lowest BCUT2D eigenvalue weighted by Crippen LogP contribution is -1.98. The first-order valence-corrected chi connectivity index (χ1v) is 3.50. The first kappa shape index (κ1) is 8.52. The number of nitrogens with zero attached hydrogens (tertiary/aromatic N) is 1. The Labute approximate surface area is 69.4 Å². The zero-order valence-electron chi connectivity index (χ0n) is 5.46. The molecule has 0 atom stereocenters. The molecule has 0 radical (unpaired) electrons. The molecule has 11 heavy (non-hydrogen) atoms. The van der Waals surface area contributed by atoms with E-state index >= 15 is 0 Å². The number of aryl methyl sites for hydroxylation is 1. The molecular formula is C6H3BrF3N. The summed E-state index contributed by atoms with van der Waals surface area (Å²) < 4.78 is 37.0. The Hall–Kier alpha value is -0.580. The van der Waals surface area contributed by atoms with Gasteiger partial charge in [0.25, 0.3) is 0 Å². The third kappa shape index (κ3) is 1.38. The van der Waals surface area contributed by atoms with Gasteiger partial charge in [-0.25, -0.2) is 18.2 Å². The van der Waals surface area contributed by atoms with E-state index in [0.717, 1.165) is 0 Å². The van der Waals surface area contributed by atoms with Crippen molar-refractivity contribution in [1.82, 2.24) is 4.98 Å². The zero-order valence-corrected chi connectivity index (χ0v) is 7.05. The van der Waals surface area contributed by atoms with Crippen LogP contribution in [0.25, 0.3) is 0 Å². The van der Waals surface area contributed by atoms with E-state index in [2.05, 4.69) is 20.9 Å². The van der Waals surface area contributed by atoms with Crippen LogP contribution in [-0.4, -0.2) is 4.98 Å². The van der Waals surface area contributed by atoms with Crippen molar-refractivity contribution in [1.29, 1.82) is 0 Å². The molecule has 0 amide bonds. The van der Waals surface area contributed by atoms with Crippen molar-refractivity contribution < 1.29 is 13.2 Å². The van der Waals surface area contributed by atoms with E-state index in [1.807, 2.05) is 0 Å². The monoisotopic (exact) mass is 225 g/mol. The highest BCUT2D eigenvalue weighted by Gasteiger charge is 2.15. The van der Waals surface area contributed by atoms with Gasteiger partial charge in [-0.15, -0.1) is 0 Å². The lowest BCUT2D eigenvalue weighted by molar-refractivity contribution is 0.432. The topological polar surface area (TPSA) is 12.9 Å². The van der Waals surface area contributed by atoms with E-state index in [-0.39, 0.29) is 10.3 Å². The molecule has 0 unspecified atom stereocenters. The summed E-state index contributed by atoms with van der Waals surface area (Å²) in [5, 5.41) is 0. The Morgan fingerprint density at radius 3 is 2.18 bits per heavy atom. The first-order chi connectivity index (χ1) is 5.04. The van der Waals surface area contributed by atoms with Crippen LogP contribution >= 0.6 is 15.9 Å². The van der Waals surface area contributed by atoms with Gasteiger partial charge in [-0.05, 0) is 22.9 Å². The smallest absolute Gasteiger partial charge is 0.199 e. The average molecular weight is 226 g/mol. The Bertz CT molecular complexity index is 274. The van der Waals surface area contributed by atoms with Gasteiger partial charge in [0.1, 0.15) is 4.60 Å². The summed E-state index contributed by atoms with van der Waals surface area (Å²) in [5.41, 5.74) is -0.171. The molecule has 5 heteroatoms. The van der Waals surface area contributed by atoms with Crippen molar-refractivity contribution in [3.05, 3.63) is 27.7 Å². The van der Waals surface area contributed by atoms with Crippen molar-refractivity contribution in [3.63, 3.8) is 0 Å². The van der Waals surface area contributed by atoms with Crippen molar-refractivity contribution >= 4 is 15.9 Å². The molecule has 1 aromatic rings. The van der Waals surface area contributed by atoms with Gasteiger partial charge in [-0.2, -0.15) is 0 Å². The van der Waals surface area contributed by atoms with Gasteiger partial charge < -0.3 is 0 Å². The van der Waals surface area contributed by atoms with Gasteiger partial charge in [0.2, 0.25) is 0 Å². The summed E-state index contributed by atoms with van der Waals surface area (Å²) >= 11 is 2.64. The summed E-state index contributed by atoms with van der Waals surface area (Å²) in [6, 6.07) is 0. The maximum Gasteiger partial charge on any atom is 0.199 e. The summed E-state index contributed by atoms with van der Waals surface area (Å²) in [6.07, 6.45) is 0. The van der Waals surface area contributed by atoms with Crippen LogP contribution in [0.3, 0.4) is 0 Å². The molecule has 1 heterocycles. The van der Waals surface area contributed by atoms with E-state index in [4.69, 9.17) is 0 Å². The molecule has 1 nitrogen and oxygen atoms in total. The van der Waals surface area contributed by atoms with Gasteiger partial charge in [0.05, 0.1) is 5.69 Å². The lowest BCUT2D eigenvalue weighted by Gasteiger charge is -1.99. The molecular weight excluding hydrogens is 223 g/mol. The largest absolute Gasteiger partial charge is 0.240 e. The molecule has 0 N–H and O–H groups in total. The minimum atomic E-state index is -1.50. The van der Waals surface area contributed by atoms with Crippen molar-refractivity contribution in [3.8, 4) is 0 Å². The van der Waals surface area contributed by atoms with Crippen LogP contribution < -0.4 is 0 Å². The second kappa shape index (κ2) is 2.81. The Balaban J connectivity index is 3.46. The van der Waals surface area contributed by atoms with Gasteiger partial charge >= 0.3 is 0 Å². The first-order valence-electron chi connectivity index (χ1n) is 2.70. The molecule has 1 aromatic heterocycles. The number of pyridine rings is 1. The molecule has 0 aromatic carbocycles. The Morgan fingerprint density at radius 2 is 1.64 bits per heavy atom. The van der Waals surface area contributed by atoms with E-state index in [9.17, 15) is 13.2 Å². The molecule has 0 bridgehead atoms. The van der Waals surface area contributed by atoms with Gasteiger partial charge in [-0.3, -0.25) is 0 Å². The van der Waals surface area contributed by atoms with Crippen LogP contribution in [0.15, 0.2) is 4.60 Å². The number of hydrogen-bond donors (Lipinski definition) is 0. The summed E-state index contributed by atoms with van der Waals surface area (Å²) in [7, 11) is 0. The second-order valence-electron chi connectivity index (χ2n) is 1.93. The van der Waals surface area contributed by atoms with E-state index in [1.54, 1.807) is 0 Å². The molecule has 0 aliphatic carbocycles. The fraction of sp³-hybridized carbons (Fsp3) is 0.167. The van der Waals surface area contributed by atoms with Gasteiger partial charge in [0, 0.05) is 0 Å². The molecule has 60 valence electrons. The van der Waals surface area contributed by atoms with E-state index < -0.39 is 17.5 Å². The van der Waals surface area contributed by atoms with Crippen molar-refractivity contribution in [2.75, 3.05) is 0 Å². The molecule has 0 aliphatic rings. The molecule has 0 aliphatic heterocycles. The fourth-order valence-corrected chi connectivity index (χ4v) is 1.03. The van der Waals surface area contributed by atoms with E-state index in [0.29, 0.717) is 0 Å². The Kier molecular flexibility index (Phi) is 2.17. The van der Waals surface area contributed by atoms with Crippen LogP contribution in [0.1, 0.15) is 5.69 Å². The average Bonchev–Trinajstić information content (AvgIpc) is 1.97. The quantitative estimate of drug-likeness (QED) is 0.619. The lowest BCUT2D eigenvalue weighted by atomic mass is 10.3. The molecule has 0 fully saturated rings. The van der Waals surface area contributed by atoms with Gasteiger partial charge in [-0.1, -0.05) is 0 Å². The number of hydrogen-bond acceptors (Lipinski definition) is 1. The highest BCUT2D eigenvalue weighted by Crippen LogP contribution is 2.19. The third-order valence-electron chi connectivity index (χ3n) is 1.15. The predicted octanol–water partition coefficient (Wildman–Crippen LogP) is 2.57. The van der Waals surface area contributed by atoms with Crippen LogP contribution in [0.2, 0.25) is 0 Å². The summed E-state index contributed by atoms with van der Waals surface area (Å²) in [6.45, 7) is 1.25. The van der Waals surface area contributed by atoms with Crippen LogP contribution in [0, 0.1) is 24.4 Å². The van der Waals surface area contributed by atoms with E-state index in [1.165, 1.54) is 6.92 Å². The highest BCUT2D eigenvalue weighted by molar-refractivity contribution is 9.10. The van der Waals surface area contributed by atoms with Crippen molar-refractivity contribution in [2.45, 2.75) is 6.92 Å². The van der Waals surface area contributed by atoms with Crippen molar-refractivity contribution in [2.24, 2.45) is 0 Å². The zero-order chi connectivity index (χ0) is 8.59. The van der Waals surface area contributed by atoms with Crippen LogP contribution in [-0.2, 0) is 0 Å². The highest BCUT2D eigenvalue weighted by atomic mass is 79.9. The second-order valence-corrected chi connectivity index (χ2v) is 2.68. The number of halogens is 4. The standard InChI is InChI=1S/C6H3BrF3N/c1-2-3(8)4(9)5(10)6(7)11-2/h1H3. The van der Waals surface area contributed by atoms with Crippen LogP contribution in [0.4, 0.5) is 13.2 Å². The summed E-state index contributed by atoms with van der Waals surface area (Å²) in [5.74, 6) is -4.04. The minimum absolute atomic E-state index is 0.171. The predicted molar refractivity (Wildman–Crippen MR) is 36.5 cm³/mol.